The van der Waals surface area contributed by atoms with E-state index in [1.165, 1.54) is 5.56 Å². The molecule has 0 unspecified atom stereocenters. The quantitative estimate of drug-likeness (QED) is 0.834. The average molecular weight is 247 g/mol. The van der Waals surface area contributed by atoms with Gasteiger partial charge in [-0.15, -0.1) is 0 Å². The number of carbonyl (C=O) groups excluding carboxylic acids is 1. The van der Waals surface area contributed by atoms with Crippen molar-refractivity contribution < 1.29 is 4.79 Å². The molecule has 0 atom stereocenters. The minimum atomic E-state index is 0.0673. The van der Waals surface area contributed by atoms with Crippen molar-refractivity contribution in [2.45, 2.75) is 6.42 Å². The van der Waals surface area contributed by atoms with Crippen molar-refractivity contribution in [1.82, 2.24) is 9.80 Å². The number of benzene rings is 1. The first-order valence-corrected chi connectivity index (χ1v) is 6.53. The smallest absolute Gasteiger partial charge is 0.236 e. The Hall–Kier alpha value is -1.39. The Kier molecular flexibility index (Phi) is 4.73. The lowest BCUT2D eigenvalue weighted by Gasteiger charge is -2.34. The monoisotopic (exact) mass is 247 g/mol. The van der Waals surface area contributed by atoms with E-state index in [4.69, 9.17) is 5.73 Å². The summed E-state index contributed by atoms with van der Waals surface area (Å²) in [5, 5.41) is 0. The predicted octanol–water partition coefficient (Wildman–Crippen LogP) is 0.332. The lowest BCUT2D eigenvalue weighted by Crippen LogP contribution is -2.50. The fourth-order valence-electron chi connectivity index (χ4n) is 2.28. The van der Waals surface area contributed by atoms with E-state index in [-0.39, 0.29) is 12.5 Å². The van der Waals surface area contributed by atoms with Crippen molar-refractivity contribution in [2.75, 3.05) is 39.3 Å². The molecule has 0 aromatic heterocycles. The van der Waals surface area contributed by atoms with Gasteiger partial charge >= 0.3 is 0 Å². The van der Waals surface area contributed by atoms with Crippen molar-refractivity contribution in [2.24, 2.45) is 5.73 Å². The minimum absolute atomic E-state index is 0.0673. The highest BCUT2D eigenvalue weighted by atomic mass is 16.2. The topological polar surface area (TPSA) is 49.6 Å². The lowest BCUT2D eigenvalue weighted by atomic mass is 10.1. The number of piperazine rings is 1. The Balaban J connectivity index is 1.72. The summed E-state index contributed by atoms with van der Waals surface area (Å²) in [5.74, 6) is 0.0673. The first-order chi connectivity index (χ1) is 8.79. The molecule has 1 aliphatic rings. The molecule has 0 saturated carbocycles. The van der Waals surface area contributed by atoms with Crippen LogP contribution in [-0.2, 0) is 11.2 Å². The highest BCUT2D eigenvalue weighted by Gasteiger charge is 2.19. The molecule has 1 heterocycles. The van der Waals surface area contributed by atoms with E-state index in [9.17, 15) is 4.79 Å². The third-order valence-electron chi connectivity index (χ3n) is 3.46. The van der Waals surface area contributed by atoms with Gasteiger partial charge in [-0.05, 0) is 12.0 Å². The van der Waals surface area contributed by atoms with E-state index in [2.05, 4.69) is 29.2 Å². The van der Waals surface area contributed by atoms with Gasteiger partial charge in [0.15, 0.2) is 0 Å². The van der Waals surface area contributed by atoms with Gasteiger partial charge in [0.1, 0.15) is 0 Å². The van der Waals surface area contributed by atoms with Crippen LogP contribution in [0.1, 0.15) is 5.56 Å². The van der Waals surface area contributed by atoms with Gasteiger partial charge in [-0.2, -0.15) is 0 Å². The molecule has 4 nitrogen and oxygen atoms in total. The van der Waals surface area contributed by atoms with E-state index < -0.39 is 0 Å². The van der Waals surface area contributed by atoms with Gasteiger partial charge in [0.25, 0.3) is 0 Å². The van der Waals surface area contributed by atoms with Gasteiger partial charge < -0.3 is 10.6 Å². The average Bonchev–Trinajstić information content (AvgIpc) is 2.46. The summed E-state index contributed by atoms with van der Waals surface area (Å²) in [6.45, 7) is 4.73. The molecule has 1 fully saturated rings. The molecular formula is C14H21N3O. The fraction of sp³-hybridized carbons (Fsp3) is 0.500. The van der Waals surface area contributed by atoms with Gasteiger partial charge in [0.05, 0.1) is 6.54 Å². The molecule has 0 aliphatic carbocycles. The SMILES string of the molecule is NCC(=O)N1CCN(CCc2ccccc2)CC1. The molecule has 0 bridgehead atoms. The number of nitrogens with two attached hydrogens (primary N) is 1. The van der Waals surface area contributed by atoms with Gasteiger partial charge in [-0.1, -0.05) is 30.3 Å². The molecule has 0 radical (unpaired) electrons. The van der Waals surface area contributed by atoms with Crippen LogP contribution in [0.25, 0.3) is 0 Å². The van der Waals surface area contributed by atoms with Crippen LogP contribution in [0, 0.1) is 0 Å². The van der Waals surface area contributed by atoms with Crippen LogP contribution < -0.4 is 5.73 Å². The summed E-state index contributed by atoms with van der Waals surface area (Å²) in [6.07, 6.45) is 1.08. The molecular weight excluding hydrogens is 226 g/mol. The summed E-state index contributed by atoms with van der Waals surface area (Å²) < 4.78 is 0. The number of hydrogen-bond acceptors (Lipinski definition) is 3. The van der Waals surface area contributed by atoms with Crippen LogP contribution in [0.5, 0.6) is 0 Å². The summed E-state index contributed by atoms with van der Waals surface area (Å²) in [4.78, 5) is 15.7. The van der Waals surface area contributed by atoms with Crippen molar-refractivity contribution in [3.63, 3.8) is 0 Å². The van der Waals surface area contributed by atoms with Crippen molar-refractivity contribution in [3.05, 3.63) is 35.9 Å². The maximum absolute atomic E-state index is 11.4. The molecule has 98 valence electrons. The Morgan fingerprint density at radius 2 is 1.78 bits per heavy atom. The molecule has 2 N–H and O–H groups in total. The lowest BCUT2D eigenvalue weighted by molar-refractivity contribution is -0.131. The molecule has 0 spiro atoms. The van der Waals surface area contributed by atoms with E-state index in [0.717, 1.165) is 39.1 Å². The van der Waals surface area contributed by atoms with Crippen LogP contribution in [0.4, 0.5) is 0 Å². The van der Waals surface area contributed by atoms with Crippen LogP contribution in [0.3, 0.4) is 0 Å². The second-order valence-electron chi connectivity index (χ2n) is 4.66. The third kappa shape index (κ3) is 3.55. The highest BCUT2D eigenvalue weighted by Crippen LogP contribution is 2.05. The fourth-order valence-corrected chi connectivity index (χ4v) is 2.28. The maximum Gasteiger partial charge on any atom is 0.236 e. The normalized spacial score (nSPS) is 16.8. The van der Waals surface area contributed by atoms with Gasteiger partial charge in [0, 0.05) is 32.7 Å². The van der Waals surface area contributed by atoms with Gasteiger partial charge in [-0.3, -0.25) is 9.69 Å². The number of amides is 1. The van der Waals surface area contributed by atoms with Crippen LogP contribution >= 0.6 is 0 Å². The first kappa shape index (κ1) is 13.1. The molecule has 4 heteroatoms. The van der Waals surface area contributed by atoms with E-state index in [1.54, 1.807) is 0 Å². The van der Waals surface area contributed by atoms with Gasteiger partial charge in [-0.25, -0.2) is 0 Å². The first-order valence-electron chi connectivity index (χ1n) is 6.53. The Morgan fingerprint density at radius 3 is 2.39 bits per heavy atom. The number of rotatable bonds is 4. The van der Waals surface area contributed by atoms with Crippen molar-refractivity contribution in [1.29, 1.82) is 0 Å². The van der Waals surface area contributed by atoms with E-state index in [1.807, 2.05) is 11.0 Å². The third-order valence-corrected chi connectivity index (χ3v) is 3.46. The second-order valence-corrected chi connectivity index (χ2v) is 4.66. The highest BCUT2D eigenvalue weighted by molar-refractivity contribution is 5.78. The van der Waals surface area contributed by atoms with E-state index >= 15 is 0 Å². The molecule has 1 aliphatic heterocycles. The Labute approximate surface area is 108 Å². The van der Waals surface area contributed by atoms with Gasteiger partial charge in [0.2, 0.25) is 5.91 Å². The van der Waals surface area contributed by atoms with E-state index in [0.29, 0.717) is 0 Å². The Bertz CT molecular complexity index is 372. The van der Waals surface area contributed by atoms with Crippen LogP contribution in [0.2, 0.25) is 0 Å². The van der Waals surface area contributed by atoms with Crippen LogP contribution in [-0.4, -0.2) is 55.0 Å². The van der Waals surface area contributed by atoms with Crippen molar-refractivity contribution >= 4 is 5.91 Å². The zero-order valence-corrected chi connectivity index (χ0v) is 10.7. The predicted molar refractivity (Wildman–Crippen MR) is 72.2 cm³/mol. The Morgan fingerprint density at radius 1 is 1.11 bits per heavy atom. The number of hydrogen-bond donors (Lipinski definition) is 1. The molecule has 1 saturated heterocycles. The minimum Gasteiger partial charge on any atom is -0.339 e. The zero-order valence-electron chi connectivity index (χ0n) is 10.7. The summed E-state index contributed by atoms with van der Waals surface area (Å²) in [7, 11) is 0. The number of nitrogens with zero attached hydrogens (tertiary/aromatic N) is 2. The van der Waals surface area contributed by atoms with Crippen molar-refractivity contribution in [3.8, 4) is 0 Å². The molecule has 1 aromatic carbocycles. The summed E-state index contributed by atoms with van der Waals surface area (Å²) in [5.41, 5.74) is 6.74. The zero-order chi connectivity index (χ0) is 12.8. The largest absolute Gasteiger partial charge is 0.339 e. The molecule has 18 heavy (non-hydrogen) atoms. The number of carbonyl (C=O) groups is 1. The summed E-state index contributed by atoms with van der Waals surface area (Å²) >= 11 is 0. The summed E-state index contributed by atoms with van der Waals surface area (Å²) in [6, 6.07) is 10.5. The molecule has 2 rings (SSSR count). The molecule has 1 aromatic rings. The maximum atomic E-state index is 11.4. The van der Waals surface area contributed by atoms with Crippen LogP contribution in [0.15, 0.2) is 30.3 Å². The molecule has 1 amide bonds. The standard InChI is InChI=1S/C14H21N3O/c15-12-14(18)17-10-8-16(9-11-17)7-6-13-4-2-1-3-5-13/h1-5H,6-12,15H2. The second kappa shape index (κ2) is 6.52.